The Morgan fingerprint density at radius 2 is 1.83 bits per heavy atom. The van der Waals surface area contributed by atoms with E-state index >= 15 is 0 Å². The van der Waals surface area contributed by atoms with E-state index in [0.29, 0.717) is 19.6 Å². The van der Waals surface area contributed by atoms with E-state index in [4.69, 9.17) is 4.74 Å². The summed E-state index contributed by atoms with van der Waals surface area (Å²) in [5.74, 6) is -0.506. The molecule has 0 fully saturated rings. The fourth-order valence-corrected chi connectivity index (χ4v) is 2.42. The van der Waals surface area contributed by atoms with Crippen molar-refractivity contribution in [2.24, 2.45) is 14.1 Å². The molecular formula is C15H22N4O4. The molecule has 126 valence electrons. The molecule has 0 radical (unpaired) electrons. The van der Waals surface area contributed by atoms with Gasteiger partial charge in [-0.2, -0.15) is 0 Å². The van der Waals surface area contributed by atoms with Crippen molar-refractivity contribution >= 4 is 17.1 Å². The topological polar surface area (TPSA) is 88.1 Å². The number of rotatable bonds is 6. The lowest BCUT2D eigenvalue weighted by molar-refractivity contribution is 0.0480. The molecule has 0 aliphatic heterocycles. The minimum absolute atomic E-state index is 0.0660. The summed E-state index contributed by atoms with van der Waals surface area (Å²) >= 11 is 0. The third-order valence-electron chi connectivity index (χ3n) is 3.71. The normalized spacial score (nSPS) is 11.1. The number of aryl methyl sites for hydroxylation is 2. The highest BCUT2D eigenvalue weighted by atomic mass is 16.5. The van der Waals surface area contributed by atoms with Crippen LogP contribution >= 0.6 is 0 Å². The molecule has 2 rings (SSSR count). The van der Waals surface area contributed by atoms with Gasteiger partial charge in [0.1, 0.15) is 0 Å². The lowest BCUT2D eigenvalue weighted by atomic mass is 10.4. The monoisotopic (exact) mass is 322 g/mol. The number of hydrogen-bond donors (Lipinski definition) is 0. The highest BCUT2D eigenvalue weighted by Crippen LogP contribution is 2.13. The van der Waals surface area contributed by atoms with Crippen LogP contribution in [0.4, 0.5) is 0 Å². The molecule has 2 heterocycles. The molecule has 0 N–H and O–H groups in total. The fraction of sp³-hybridized carbons (Fsp3) is 0.600. The molecule has 0 amide bonds. The van der Waals surface area contributed by atoms with E-state index < -0.39 is 17.2 Å². The first kappa shape index (κ1) is 17.0. The molecule has 0 spiro atoms. The number of fused-ring (bicyclic) bond motifs is 1. The van der Waals surface area contributed by atoms with Crippen LogP contribution in [0.5, 0.6) is 0 Å². The summed E-state index contributed by atoms with van der Waals surface area (Å²) in [7, 11) is 2.94. The maximum absolute atomic E-state index is 12.4. The standard InChI is InChI=1S/C15H22N4O4/c1-5-7-9-23-14(21)12-16-11-10(19(12)8-6-2)13(20)18(4)15(22)17(11)3/h5-9H2,1-4H3. The molecule has 0 aromatic carbocycles. The third-order valence-corrected chi connectivity index (χ3v) is 3.71. The smallest absolute Gasteiger partial charge is 0.374 e. The van der Waals surface area contributed by atoms with Gasteiger partial charge >= 0.3 is 11.7 Å². The second kappa shape index (κ2) is 6.80. The van der Waals surface area contributed by atoms with Gasteiger partial charge in [-0.1, -0.05) is 20.3 Å². The summed E-state index contributed by atoms with van der Waals surface area (Å²) < 4.78 is 9.04. The van der Waals surface area contributed by atoms with Gasteiger partial charge in [0.25, 0.3) is 5.56 Å². The number of unbranched alkanes of at least 4 members (excludes halogenated alkanes) is 1. The van der Waals surface area contributed by atoms with E-state index in [9.17, 15) is 14.4 Å². The van der Waals surface area contributed by atoms with Crippen LogP contribution in [0.1, 0.15) is 43.7 Å². The van der Waals surface area contributed by atoms with Gasteiger partial charge in [0.15, 0.2) is 11.2 Å². The second-order valence-corrected chi connectivity index (χ2v) is 5.45. The number of nitrogens with zero attached hydrogens (tertiary/aromatic N) is 4. The van der Waals surface area contributed by atoms with Gasteiger partial charge in [0.2, 0.25) is 5.82 Å². The van der Waals surface area contributed by atoms with Crippen molar-refractivity contribution in [3.05, 3.63) is 26.7 Å². The molecule has 2 aromatic heterocycles. The molecule has 0 atom stereocenters. The van der Waals surface area contributed by atoms with Crippen LogP contribution in [0, 0.1) is 0 Å². The van der Waals surface area contributed by atoms with Gasteiger partial charge in [0, 0.05) is 20.6 Å². The van der Waals surface area contributed by atoms with Gasteiger partial charge in [0.05, 0.1) is 6.61 Å². The maximum Gasteiger partial charge on any atom is 0.374 e. The van der Waals surface area contributed by atoms with E-state index in [1.54, 1.807) is 4.57 Å². The average molecular weight is 322 g/mol. The van der Waals surface area contributed by atoms with E-state index in [0.717, 1.165) is 17.4 Å². The predicted molar refractivity (Wildman–Crippen MR) is 85.7 cm³/mol. The lowest BCUT2D eigenvalue weighted by Crippen LogP contribution is -2.37. The summed E-state index contributed by atoms with van der Waals surface area (Å²) in [4.78, 5) is 40.9. The highest BCUT2D eigenvalue weighted by molar-refractivity contribution is 5.90. The van der Waals surface area contributed by atoms with Gasteiger partial charge in [-0.15, -0.1) is 0 Å². The zero-order valence-electron chi connectivity index (χ0n) is 14.0. The predicted octanol–water partition coefficient (Wildman–Crippen LogP) is 0.801. The summed E-state index contributed by atoms with van der Waals surface area (Å²) in [6, 6.07) is 0. The second-order valence-electron chi connectivity index (χ2n) is 5.45. The van der Waals surface area contributed by atoms with Crippen LogP contribution in [0.15, 0.2) is 9.59 Å². The number of imidazole rings is 1. The van der Waals surface area contributed by atoms with Crippen molar-refractivity contribution in [3.8, 4) is 0 Å². The molecule has 0 bridgehead atoms. The quantitative estimate of drug-likeness (QED) is 0.580. The number of ether oxygens (including phenoxy) is 1. The number of esters is 1. The Bertz CT molecular complexity index is 844. The maximum atomic E-state index is 12.4. The Kier molecular flexibility index (Phi) is 5.02. The zero-order valence-corrected chi connectivity index (χ0v) is 14.0. The summed E-state index contributed by atoms with van der Waals surface area (Å²) in [6.45, 7) is 4.69. The summed E-state index contributed by atoms with van der Waals surface area (Å²) in [5.41, 5.74) is -0.487. The lowest BCUT2D eigenvalue weighted by Gasteiger charge is -2.08. The van der Waals surface area contributed by atoms with Gasteiger partial charge in [-0.3, -0.25) is 13.9 Å². The molecule has 0 saturated heterocycles. The SMILES string of the molecule is CCCCOC(=O)c1nc2c(c(=O)n(C)c(=O)n2C)n1CCC. The number of hydrogen-bond acceptors (Lipinski definition) is 5. The van der Waals surface area contributed by atoms with Crippen LogP contribution in [-0.2, 0) is 25.4 Å². The molecule has 0 aliphatic carbocycles. The molecule has 0 aliphatic rings. The Hall–Kier alpha value is -2.38. The molecule has 0 saturated carbocycles. The van der Waals surface area contributed by atoms with Crippen LogP contribution < -0.4 is 11.2 Å². The fourth-order valence-electron chi connectivity index (χ4n) is 2.42. The Balaban J connectivity index is 2.66. The van der Waals surface area contributed by atoms with Crippen molar-refractivity contribution in [2.45, 2.75) is 39.7 Å². The summed E-state index contributed by atoms with van der Waals surface area (Å²) in [6.07, 6.45) is 2.39. The third kappa shape index (κ3) is 2.93. The highest BCUT2D eigenvalue weighted by Gasteiger charge is 2.23. The van der Waals surface area contributed by atoms with Crippen molar-refractivity contribution in [1.82, 2.24) is 18.7 Å². The molecule has 2 aromatic rings. The largest absolute Gasteiger partial charge is 0.460 e. The first-order chi connectivity index (χ1) is 10.9. The molecule has 8 heteroatoms. The first-order valence-corrected chi connectivity index (χ1v) is 7.77. The van der Waals surface area contributed by atoms with E-state index in [1.807, 2.05) is 13.8 Å². The summed E-state index contributed by atoms with van der Waals surface area (Å²) in [5, 5.41) is 0. The Morgan fingerprint density at radius 3 is 2.43 bits per heavy atom. The van der Waals surface area contributed by atoms with Crippen LogP contribution in [0.2, 0.25) is 0 Å². The van der Waals surface area contributed by atoms with E-state index in [-0.39, 0.29) is 17.0 Å². The van der Waals surface area contributed by atoms with Gasteiger partial charge in [-0.05, 0) is 12.8 Å². The van der Waals surface area contributed by atoms with Crippen LogP contribution in [0.25, 0.3) is 11.2 Å². The van der Waals surface area contributed by atoms with Crippen molar-refractivity contribution < 1.29 is 9.53 Å². The Labute approximate surface area is 133 Å². The average Bonchev–Trinajstić information content (AvgIpc) is 2.91. The zero-order chi connectivity index (χ0) is 17.1. The number of carbonyl (C=O) groups excluding carboxylic acids is 1. The first-order valence-electron chi connectivity index (χ1n) is 7.77. The molecule has 0 unspecified atom stereocenters. The van der Waals surface area contributed by atoms with Crippen LogP contribution in [0.3, 0.4) is 0 Å². The van der Waals surface area contributed by atoms with Gasteiger partial charge < -0.3 is 9.30 Å². The van der Waals surface area contributed by atoms with E-state index in [1.165, 1.54) is 18.7 Å². The number of aromatic nitrogens is 4. The van der Waals surface area contributed by atoms with Gasteiger partial charge in [-0.25, -0.2) is 14.6 Å². The number of carbonyl (C=O) groups is 1. The van der Waals surface area contributed by atoms with E-state index in [2.05, 4.69) is 4.98 Å². The van der Waals surface area contributed by atoms with Crippen LogP contribution in [-0.4, -0.2) is 31.3 Å². The van der Waals surface area contributed by atoms with Crippen molar-refractivity contribution in [3.63, 3.8) is 0 Å². The molecule has 23 heavy (non-hydrogen) atoms. The minimum atomic E-state index is -0.572. The molecule has 8 nitrogen and oxygen atoms in total. The molecular weight excluding hydrogens is 300 g/mol. The van der Waals surface area contributed by atoms with Crippen molar-refractivity contribution in [2.75, 3.05) is 6.61 Å². The van der Waals surface area contributed by atoms with Crippen molar-refractivity contribution in [1.29, 1.82) is 0 Å². The minimum Gasteiger partial charge on any atom is -0.460 e. The Morgan fingerprint density at radius 1 is 1.13 bits per heavy atom.